The second kappa shape index (κ2) is 10.0. The summed E-state index contributed by atoms with van der Waals surface area (Å²) in [7, 11) is -3.56. The molecule has 0 radical (unpaired) electrons. The van der Waals surface area contributed by atoms with Crippen LogP contribution in [-0.4, -0.2) is 50.8 Å². The molecule has 0 aromatic heterocycles. The van der Waals surface area contributed by atoms with E-state index in [2.05, 4.69) is 10.0 Å². The van der Waals surface area contributed by atoms with E-state index in [9.17, 15) is 18.3 Å². The highest BCUT2D eigenvalue weighted by atomic mass is 32.2. The first-order valence-corrected chi connectivity index (χ1v) is 12.0. The summed E-state index contributed by atoms with van der Waals surface area (Å²) in [6, 6.07) is 6.69. The molecule has 1 aromatic carbocycles. The quantitative estimate of drug-likeness (QED) is 0.591. The summed E-state index contributed by atoms with van der Waals surface area (Å²) in [6.07, 6.45) is 5.44. The number of rotatable bonds is 8. The van der Waals surface area contributed by atoms with Gasteiger partial charge in [-0.1, -0.05) is 31.0 Å². The molecule has 1 aromatic rings. The maximum Gasteiger partial charge on any atom is 0.240 e. The molecule has 1 heterocycles. The average molecular weight is 425 g/mol. The molecule has 162 valence electrons. The maximum atomic E-state index is 12.5. The Bertz CT molecular complexity index is 792. The first-order chi connectivity index (χ1) is 13.9. The van der Waals surface area contributed by atoms with Crippen molar-refractivity contribution in [3.05, 3.63) is 29.8 Å². The van der Waals surface area contributed by atoms with E-state index >= 15 is 0 Å². The third-order valence-electron chi connectivity index (χ3n) is 5.99. The number of amides is 1. The highest BCUT2D eigenvalue weighted by Gasteiger charge is 2.34. The minimum absolute atomic E-state index is 0.0685. The normalized spacial score (nSPS) is 25.8. The molecule has 3 atom stereocenters. The van der Waals surface area contributed by atoms with Crippen LogP contribution >= 0.6 is 0 Å². The molecule has 1 saturated carbocycles. The Morgan fingerprint density at radius 2 is 1.90 bits per heavy atom. The number of carbonyl (C=O) groups is 1. The van der Waals surface area contributed by atoms with Gasteiger partial charge in [0.15, 0.2) is 0 Å². The molecule has 0 bridgehead atoms. The molecule has 29 heavy (non-hydrogen) atoms. The van der Waals surface area contributed by atoms with Gasteiger partial charge in [-0.05, 0) is 50.7 Å². The van der Waals surface area contributed by atoms with Gasteiger partial charge in [-0.2, -0.15) is 0 Å². The molecule has 2 aliphatic rings. The lowest BCUT2D eigenvalue weighted by Crippen LogP contribution is -2.52. The highest BCUT2D eigenvalue weighted by molar-refractivity contribution is 7.89. The van der Waals surface area contributed by atoms with E-state index < -0.39 is 16.1 Å². The van der Waals surface area contributed by atoms with E-state index in [0.717, 1.165) is 38.5 Å². The summed E-state index contributed by atoms with van der Waals surface area (Å²) in [5.74, 6) is 0.155. The van der Waals surface area contributed by atoms with Crippen molar-refractivity contribution >= 4 is 15.9 Å². The average Bonchev–Trinajstić information content (AvgIpc) is 3.24. The van der Waals surface area contributed by atoms with Crippen LogP contribution in [0.1, 0.15) is 50.5 Å². The molecular weight excluding hydrogens is 392 g/mol. The lowest BCUT2D eigenvalue weighted by Gasteiger charge is -2.36. The lowest BCUT2D eigenvalue weighted by molar-refractivity contribution is -0.131. The summed E-state index contributed by atoms with van der Waals surface area (Å²) in [6.45, 7) is 1.87. The third-order valence-corrected chi connectivity index (χ3v) is 7.61. The lowest BCUT2D eigenvalue weighted by atomic mass is 9.96. The van der Waals surface area contributed by atoms with Gasteiger partial charge in [-0.25, -0.2) is 13.1 Å². The fraction of sp³-hybridized carbons (Fsp3) is 0.667. The first-order valence-electron chi connectivity index (χ1n) is 10.5. The van der Waals surface area contributed by atoms with Gasteiger partial charge >= 0.3 is 0 Å². The summed E-state index contributed by atoms with van der Waals surface area (Å²) in [4.78, 5) is 12.7. The predicted octanol–water partition coefficient (Wildman–Crippen LogP) is 1.88. The Morgan fingerprint density at radius 3 is 2.59 bits per heavy atom. The second-order valence-corrected chi connectivity index (χ2v) is 9.84. The number of carbonyl (C=O) groups excluding carboxylic acids is 1. The van der Waals surface area contributed by atoms with E-state index in [-0.39, 0.29) is 42.0 Å². The molecule has 3 N–H and O–H groups in total. The number of sulfonamides is 1. The standard InChI is InChI=1S/C21H32N2O5S/c1-15-6-2-5-9-20(15)29(26,27)22-13-12-17-10-11-18(19(14-24)28-17)23-21(25)16-7-3-4-8-16/h2,5-6,9,16-19,22,24H,3-4,7-8,10-14H2,1H3,(H,23,25)/t17-,18-,19-/m0/s1. The predicted molar refractivity (Wildman–Crippen MR) is 110 cm³/mol. The van der Waals surface area contributed by atoms with Crippen molar-refractivity contribution in [3.63, 3.8) is 0 Å². The van der Waals surface area contributed by atoms with Crippen LogP contribution in [0, 0.1) is 12.8 Å². The largest absolute Gasteiger partial charge is 0.394 e. The Labute approximate surface area is 173 Å². The van der Waals surface area contributed by atoms with Gasteiger partial charge in [0.25, 0.3) is 0 Å². The molecule has 3 rings (SSSR count). The molecule has 0 unspecified atom stereocenters. The highest BCUT2D eigenvalue weighted by Crippen LogP contribution is 2.27. The van der Waals surface area contributed by atoms with E-state index in [1.165, 1.54) is 0 Å². The van der Waals surface area contributed by atoms with Gasteiger partial charge in [0.05, 0.1) is 23.6 Å². The third kappa shape index (κ3) is 5.78. The van der Waals surface area contributed by atoms with Crippen molar-refractivity contribution in [3.8, 4) is 0 Å². The maximum absolute atomic E-state index is 12.5. The number of nitrogens with one attached hydrogen (secondary N) is 2. The van der Waals surface area contributed by atoms with Crippen LogP contribution in [-0.2, 0) is 19.6 Å². The zero-order valence-corrected chi connectivity index (χ0v) is 17.8. The van der Waals surface area contributed by atoms with Crippen molar-refractivity contribution in [2.24, 2.45) is 5.92 Å². The van der Waals surface area contributed by atoms with E-state index in [4.69, 9.17) is 4.74 Å². The van der Waals surface area contributed by atoms with Gasteiger partial charge < -0.3 is 15.2 Å². The molecule has 1 aliphatic carbocycles. The molecule has 1 saturated heterocycles. The van der Waals surface area contributed by atoms with Crippen molar-refractivity contribution in [1.82, 2.24) is 10.0 Å². The zero-order chi connectivity index (χ0) is 20.9. The minimum atomic E-state index is -3.56. The summed E-state index contributed by atoms with van der Waals surface area (Å²) >= 11 is 0. The SMILES string of the molecule is Cc1ccccc1S(=O)(=O)NCC[C@@H]1CC[C@H](NC(=O)C2CCCC2)[C@H](CO)O1. The van der Waals surface area contributed by atoms with Crippen LogP contribution in [0.3, 0.4) is 0 Å². The van der Waals surface area contributed by atoms with Crippen molar-refractivity contribution < 1.29 is 23.1 Å². The molecule has 2 fully saturated rings. The van der Waals surface area contributed by atoms with E-state index in [0.29, 0.717) is 12.0 Å². The number of aliphatic hydroxyl groups is 1. The summed E-state index contributed by atoms with van der Waals surface area (Å²) in [5.41, 5.74) is 0.704. The number of aryl methyl sites for hydroxylation is 1. The van der Waals surface area contributed by atoms with E-state index in [1.807, 2.05) is 0 Å². The second-order valence-electron chi connectivity index (χ2n) is 8.10. The van der Waals surface area contributed by atoms with Gasteiger partial charge in [-0.15, -0.1) is 0 Å². The minimum Gasteiger partial charge on any atom is -0.394 e. The zero-order valence-electron chi connectivity index (χ0n) is 17.0. The fourth-order valence-corrected chi connectivity index (χ4v) is 5.58. The van der Waals surface area contributed by atoms with Crippen LogP contribution in [0.5, 0.6) is 0 Å². The van der Waals surface area contributed by atoms with Gasteiger partial charge in [0.2, 0.25) is 15.9 Å². The summed E-state index contributed by atoms with van der Waals surface area (Å²) < 4.78 is 33.5. The van der Waals surface area contributed by atoms with Crippen LogP contribution in [0.2, 0.25) is 0 Å². The van der Waals surface area contributed by atoms with E-state index in [1.54, 1.807) is 31.2 Å². The molecule has 0 spiro atoms. The van der Waals surface area contributed by atoms with Crippen LogP contribution in [0.25, 0.3) is 0 Å². The molecular formula is C21H32N2O5S. The fourth-order valence-electron chi connectivity index (χ4n) is 4.29. The Kier molecular flexibility index (Phi) is 7.67. The number of aliphatic hydroxyl groups excluding tert-OH is 1. The smallest absolute Gasteiger partial charge is 0.240 e. The van der Waals surface area contributed by atoms with Crippen molar-refractivity contribution in [2.45, 2.75) is 75.0 Å². The Balaban J connectivity index is 1.47. The number of hydrogen-bond acceptors (Lipinski definition) is 5. The Hall–Kier alpha value is -1.48. The van der Waals surface area contributed by atoms with Gasteiger partial charge in [0, 0.05) is 12.5 Å². The van der Waals surface area contributed by atoms with Crippen LogP contribution in [0.4, 0.5) is 0 Å². The monoisotopic (exact) mass is 424 g/mol. The van der Waals surface area contributed by atoms with Crippen molar-refractivity contribution in [1.29, 1.82) is 0 Å². The molecule has 8 heteroatoms. The van der Waals surface area contributed by atoms with Crippen molar-refractivity contribution in [2.75, 3.05) is 13.2 Å². The Morgan fingerprint density at radius 1 is 1.17 bits per heavy atom. The van der Waals surface area contributed by atoms with Gasteiger partial charge in [-0.3, -0.25) is 4.79 Å². The molecule has 1 aliphatic heterocycles. The van der Waals surface area contributed by atoms with Gasteiger partial charge in [0.1, 0.15) is 6.10 Å². The number of ether oxygens (including phenoxy) is 1. The van der Waals surface area contributed by atoms with Crippen LogP contribution in [0.15, 0.2) is 29.2 Å². The summed E-state index contributed by atoms with van der Waals surface area (Å²) in [5, 5.41) is 12.8. The molecule has 7 nitrogen and oxygen atoms in total. The molecule has 1 amide bonds. The topological polar surface area (TPSA) is 105 Å². The van der Waals surface area contributed by atoms with Crippen LogP contribution < -0.4 is 10.0 Å². The number of hydrogen-bond donors (Lipinski definition) is 3. The first kappa shape index (κ1) is 22.2. The number of benzene rings is 1.